The lowest BCUT2D eigenvalue weighted by molar-refractivity contribution is 0.401. The summed E-state index contributed by atoms with van der Waals surface area (Å²) in [6.45, 7) is 0. The minimum Gasteiger partial charge on any atom is -0.507 e. The maximum atomic E-state index is 10.5. The van der Waals surface area contributed by atoms with E-state index in [1.165, 1.54) is 6.20 Å². The van der Waals surface area contributed by atoms with Gasteiger partial charge in [0.05, 0.1) is 18.9 Å². The molecule has 0 spiro atoms. The molecule has 5 heteroatoms. The van der Waals surface area contributed by atoms with Crippen molar-refractivity contribution in [3.63, 3.8) is 0 Å². The lowest BCUT2D eigenvalue weighted by Gasteiger charge is -2.21. The second kappa shape index (κ2) is 4.50. The van der Waals surface area contributed by atoms with E-state index >= 15 is 0 Å². The van der Waals surface area contributed by atoms with Gasteiger partial charge in [0, 0.05) is 16.7 Å². The molecule has 0 saturated carbocycles. The average Bonchev–Trinajstić information content (AvgIpc) is 2.86. The molecule has 1 aliphatic carbocycles. The van der Waals surface area contributed by atoms with Crippen LogP contribution in [0, 0.1) is 0 Å². The monoisotopic (exact) mass is 260 g/mol. The van der Waals surface area contributed by atoms with Gasteiger partial charge in [-0.15, -0.1) is 0 Å². The number of phenols is 1. The van der Waals surface area contributed by atoms with Crippen LogP contribution >= 0.6 is 0 Å². The van der Waals surface area contributed by atoms with Gasteiger partial charge in [-0.25, -0.2) is 0 Å². The van der Waals surface area contributed by atoms with Gasteiger partial charge in [-0.05, 0) is 31.7 Å². The van der Waals surface area contributed by atoms with Crippen LogP contribution in [0.2, 0.25) is 0 Å². The number of benzene rings is 1. The zero-order chi connectivity index (χ0) is 13.4. The molecule has 3 N–H and O–H groups in total. The van der Waals surface area contributed by atoms with E-state index in [4.69, 9.17) is 15.0 Å². The summed E-state index contributed by atoms with van der Waals surface area (Å²) in [6, 6.07) is 1.81. The van der Waals surface area contributed by atoms with E-state index in [0.717, 1.165) is 42.6 Å². The van der Waals surface area contributed by atoms with Crippen LogP contribution in [0.3, 0.4) is 0 Å². The first-order valence-corrected chi connectivity index (χ1v) is 6.34. The third-order valence-electron chi connectivity index (χ3n) is 3.69. The maximum Gasteiger partial charge on any atom is 0.230 e. The summed E-state index contributed by atoms with van der Waals surface area (Å²) in [7, 11) is 1.64. The Balaban J connectivity index is 2.24. The second-order valence-corrected chi connectivity index (χ2v) is 4.74. The number of nitrogens with zero attached hydrogens (tertiary/aromatic N) is 1. The van der Waals surface area contributed by atoms with E-state index in [2.05, 4.69) is 5.16 Å². The largest absolute Gasteiger partial charge is 0.507 e. The third kappa shape index (κ3) is 1.82. The smallest absolute Gasteiger partial charge is 0.230 e. The zero-order valence-electron chi connectivity index (χ0n) is 10.8. The highest BCUT2D eigenvalue weighted by molar-refractivity contribution is 5.80. The van der Waals surface area contributed by atoms with E-state index in [1.807, 2.05) is 6.07 Å². The van der Waals surface area contributed by atoms with Gasteiger partial charge in [0.15, 0.2) is 0 Å². The SMILES string of the molecule is COc1cc(-c2cnoc2N)c(O)c2c1CCCC2. The van der Waals surface area contributed by atoms with Crippen LogP contribution in [0.4, 0.5) is 5.88 Å². The lowest BCUT2D eigenvalue weighted by atomic mass is 9.87. The number of phenolic OH excluding ortho intramolecular Hbond substituents is 1. The Hall–Kier alpha value is -2.17. The standard InChI is InChI=1S/C14H16N2O3/c1-18-12-6-10(11-7-16-19-14(11)15)13(17)9-5-3-2-4-8(9)12/h6-7,17H,2-5,15H2,1H3. The molecule has 0 unspecified atom stereocenters. The molecule has 1 heterocycles. The molecule has 100 valence electrons. The number of methoxy groups -OCH3 is 1. The Kier molecular flexibility index (Phi) is 2.81. The third-order valence-corrected chi connectivity index (χ3v) is 3.69. The quantitative estimate of drug-likeness (QED) is 0.867. The van der Waals surface area contributed by atoms with E-state index in [-0.39, 0.29) is 11.6 Å². The summed E-state index contributed by atoms with van der Waals surface area (Å²) < 4.78 is 10.3. The average molecular weight is 260 g/mol. The number of ether oxygens (including phenoxy) is 1. The number of aromatic nitrogens is 1. The highest BCUT2D eigenvalue weighted by Gasteiger charge is 2.23. The summed E-state index contributed by atoms with van der Waals surface area (Å²) in [5.74, 6) is 1.27. The van der Waals surface area contributed by atoms with Gasteiger partial charge in [-0.3, -0.25) is 0 Å². The summed E-state index contributed by atoms with van der Waals surface area (Å²) in [4.78, 5) is 0. The molecule has 0 radical (unpaired) electrons. The summed E-state index contributed by atoms with van der Waals surface area (Å²) >= 11 is 0. The van der Waals surface area contributed by atoms with Crippen molar-refractivity contribution in [3.8, 4) is 22.6 Å². The van der Waals surface area contributed by atoms with Gasteiger partial charge in [0.2, 0.25) is 5.88 Å². The molecule has 1 aromatic heterocycles. The molecule has 1 aliphatic rings. The highest BCUT2D eigenvalue weighted by atomic mass is 16.5. The number of fused-ring (bicyclic) bond motifs is 1. The van der Waals surface area contributed by atoms with Gasteiger partial charge in [0.25, 0.3) is 0 Å². The molecule has 1 aromatic carbocycles. The van der Waals surface area contributed by atoms with Crippen molar-refractivity contribution in [3.05, 3.63) is 23.4 Å². The van der Waals surface area contributed by atoms with Crippen LogP contribution in [0.15, 0.2) is 16.8 Å². The number of hydrogen-bond acceptors (Lipinski definition) is 5. The lowest BCUT2D eigenvalue weighted by Crippen LogP contribution is -2.06. The fourth-order valence-electron chi connectivity index (χ4n) is 2.73. The molecule has 0 aliphatic heterocycles. The molecular formula is C14H16N2O3. The Morgan fingerprint density at radius 2 is 2.00 bits per heavy atom. The minimum atomic E-state index is 0.202. The molecule has 0 amide bonds. The molecule has 3 rings (SSSR count). The van der Waals surface area contributed by atoms with Crippen molar-refractivity contribution in [2.24, 2.45) is 0 Å². The topological polar surface area (TPSA) is 81.5 Å². The molecule has 0 saturated heterocycles. The Labute approximate surface area is 111 Å². The van der Waals surface area contributed by atoms with Crippen LogP contribution in [-0.4, -0.2) is 17.4 Å². The number of anilines is 1. The molecule has 0 fully saturated rings. The maximum absolute atomic E-state index is 10.5. The van der Waals surface area contributed by atoms with Gasteiger partial charge < -0.3 is 20.1 Å². The Morgan fingerprint density at radius 1 is 1.26 bits per heavy atom. The number of rotatable bonds is 2. The van der Waals surface area contributed by atoms with Crippen LogP contribution in [-0.2, 0) is 12.8 Å². The van der Waals surface area contributed by atoms with E-state index in [9.17, 15) is 5.11 Å². The zero-order valence-corrected chi connectivity index (χ0v) is 10.8. The van der Waals surface area contributed by atoms with Crippen molar-refractivity contribution in [2.45, 2.75) is 25.7 Å². The van der Waals surface area contributed by atoms with Gasteiger partial charge >= 0.3 is 0 Å². The number of hydrogen-bond donors (Lipinski definition) is 2. The van der Waals surface area contributed by atoms with Crippen LogP contribution in [0.5, 0.6) is 11.5 Å². The van der Waals surface area contributed by atoms with Crippen LogP contribution < -0.4 is 10.5 Å². The van der Waals surface area contributed by atoms with E-state index in [0.29, 0.717) is 11.1 Å². The van der Waals surface area contributed by atoms with Crippen LogP contribution in [0.1, 0.15) is 24.0 Å². The highest BCUT2D eigenvalue weighted by Crippen LogP contribution is 2.43. The van der Waals surface area contributed by atoms with Gasteiger partial charge in [-0.1, -0.05) is 5.16 Å². The first kappa shape index (κ1) is 11.9. The summed E-state index contributed by atoms with van der Waals surface area (Å²) in [5.41, 5.74) is 9.01. The normalized spacial score (nSPS) is 14.2. The van der Waals surface area contributed by atoms with Crippen LogP contribution in [0.25, 0.3) is 11.1 Å². The van der Waals surface area contributed by atoms with Gasteiger partial charge in [0.1, 0.15) is 11.5 Å². The number of nitrogen functional groups attached to an aromatic ring is 1. The van der Waals surface area contributed by atoms with E-state index < -0.39 is 0 Å². The fourth-order valence-corrected chi connectivity index (χ4v) is 2.73. The molecule has 2 aromatic rings. The predicted molar refractivity (Wildman–Crippen MR) is 71.2 cm³/mol. The summed E-state index contributed by atoms with van der Waals surface area (Å²) in [5, 5.41) is 14.1. The summed E-state index contributed by atoms with van der Waals surface area (Å²) in [6.07, 6.45) is 5.50. The second-order valence-electron chi connectivity index (χ2n) is 4.74. The van der Waals surface area contributed by atoms with Crippen molar-refractivity contribution < 1.29 is 14.4 Å². The fraction of sp³-hybridized carbons (Fsp3) is 0.357. The van der Waals surface area contributed by atoms with E-state index in [1.54, 1.807) is 7.11 Å². The Morgan fingerprint density at radius 3 is 2.63 bits per heavy atom. The number of aromatic hydroxyl groups is 1. The molecule has 5 nitrogen and oxygen atoms in total. The minimum absolute atomic E-state index is 0.202. The molecule has 19 heavy (non-hydrogen) atoms. The molecular weight excluding hydrogens is 244 g/mol. The Bertz CT molecular complexity index is 619. The van der Waals surface area contributed by atoms with Gasteiger partial charge in [-0.2, -0.15) is 0 Å². The van der Waals surface area contributed by atoms with Crippen molar-refractivity contribution >= 4 is 5.88 Å². The first-order chi connectivity index (χ1) is 9.22. The van der Waals surface area contributed by atoms with Crippen molar-refractivity contribution in [1.29, 1.82) is 0 Å². The number of nitrogens with two attached hydrogens (primary N) is 1. The van der Waals surface area contributed by atoms with Crippen molar-refractivity contribution in [2.75, 3.05) is 12.8 Å². The molecule has 0 atom stereocenters. The first-order valence-electron chi connectivity index (χ1n) is 6.34. The predicted octanol–water partition coefficient (Wildman–Crippen LogP) is 2.52. The van der Waals surface area contributed by atoms with Crippen molar-refractivity contribution in [1.82, 2.24) is 5.16 Å². The molecule has 0 bridgehead atoms.